The molecule has 2 fully saturated rings. The van der Waals surface area contributed by atoms with Crippen LogP contribution in [-0.2, 0) is 32.0 Å². The van der Waals surface area contributed by atoms with E-state index in [0.29, 0.717) is 44.6 Å². The van der Waals surface area contributed by atoms with Crippen molar-refractivity contribution in [1.82, 2.24) is 9.80 Å². The number of hydrogen-bond acceptors (Lipinski definition) is 5. The van der Waals surface area contributed by atoms with Gasteiger partial charge in [-0.1, -0.05) is 6.07 Å². The first kappa shape index (κ1) is 28.4. The lowest BCUT2D eigenvalue weighted by Crippen LogP contribution is -2.47. The minimum atomic E-state index is -4.44. The summed E-state index contributed by atoms with van der Waals surface area (Å²) in [5.41, 5.74) is 1.18. The van der Waals surface area contributed by atoms with Crippen molar-refractivity contribution in [3.05, 3.63) is 59.2 Å². The Morgan fingerprint density at radius 2 is 1.60 bits per heavy atom. The van der Waals surface area contributed by atoms with Gasteiger partial charge in [0.25, 0.3) is 0 Å². The number of alkyl halides is 3. The molecule has 2 aromatic carbocycles. The molecule has 3 aliphatic rings. The van der Waals surface area contributed by atoms with E-state index >= 15 is 0 Å². The third kappa shape index (κ3) is 6.62. The first-order valence-electron chi connectivity index (χ1n) is 13.6. The van der Waals surface area contributed by atoms with Crippen molar-refractivity contribution >= 4 is 21.7 Å². The van der Waals surface area contributed by atoms with E-state index in [1.807, 2.05) is 17.0 Å². The van der Waals surface area contributed by atoms with E-state index in [1.165, 1.54) is 12.1 Å². The number of amides is 2. The maximum absolute atomic E-state index is 13.3. The monoisotopic (exact) mass is 578 g/mol. The van der Waals surface area contributed by atoms with Gasteiger partial charge in [-0.15, -0.1) is 0 Å². The molecule has 40 heavy (non-hydrogen) atoms. The molecule has 1 unspecified atom stereocenters. The molecule has 5 rings (SSSR count). The number of fused-ring (bicyclic) bond motifs is 1. The van der Waals surface area contributed by atoms with Crippen molar-refractivity contribution in [3.8, 4) is 11.5 Å². The highest BCUT2D eigenvalue weighted by atomic mass is 32.2. The highest BCUT2D eigenvalue weighted by molar-refractivity contribution is 7.90. The van der Waals surface area contributed by atoms with Crippen LogP contribution in [0.25, 0.3) is 0 Å². The van der Waals surface area contributed by atoms with Crippen LogP contribution >= 0.6 is 0 Å². The molecular formula is C29H33F3N2O5S. The molecule has 2 aliphatic heterocycles. The second kappa shape index (κ2) is 11.1. The second-order valence-corrected chi connectivity index (χ2v) is 13.3. The van der Waals surface area contributed by atoms with Gasteiger partial charge in [0.1, 0.15) is 21.3 Å². The average Bonchev–Trinajstić information content (AvgIpc) is 3.76. The highest BCUT2D eigenvalue weighted by Crippen LogP contribution is 2.43. The molecular weight excluding hydrogens is 545 g/mol. The van der Waals surface area contributed by atoms with Crippen LogP contribution in [0.5, 0.6) is 11.5 Å². The molecule has 216 valence electrons. The Kier molecular flexibility index (Phi) is 7.87. The quantitative estimate of drug-likeness (QED) is 0.462. The number of hydrogen-bond donors (Lipinski definition) is 0. The molecule has 1 atom stereocenters. The number of carbonyl (C=O) groups excluding carboxylic acids is 2. The first-order valence-corrected chi connectivity index (χ1v) is 15.7. The van der Waals surface area contributed by atoms with Crippen molar-refractivity contribution in [2.45, 2.75) is 50.7 Å². The van der Waals surface area contributed by atoms with Gasteiger partial charge >= 0.3 is 6.18 Å². The lowest BCUT2D eigenvalue weighted by molar-refractivity contribution is -0.138. The maximum Gasteiger partial charge on any atom is 0.416 e. The number of likely N-dealkylation sites (tertiary alicyclic amines) is 1. The maximum atomic E-state index is 13.3. The summed E-state index contributed by atoms with van der Waals surface area (Å²) in [5, 5.41) is 0. The van der Waals surface area contributed by atoms with Gasteiger partial charge in [0.05, 0.1) is 17.4 Å². The molecule has 0 spiro atoms. The Labute approximate surface area is 232 Å². The van der Waals surface area contributed by atoms with Crippen LogP contribution in [0, 0.1) is 11.8 Å². The molecule has 2 heterocycles. The van der Waals surface area contributed by atoms with Crippen molar-refractivity contribution in [1.29, 1.82) is 0 Å². The van der Waals surface area contributed by atoms with Gasteiger partial charge in [-0.3, -0.25) is 9.59 Å². The zero-order chi connectivity index (χ0) is 28.7. The molecule has 2 aromatic rings. The molecule has 0 radical (unpaired) electrons. The third-order valence-corrected chi connectivity index (χ3v) is 8.99. The van der Waals surface area contributed by atoms with Crippen molar-refractivity contribution < 1.29 is 35.9 Å². The van der Waals surface area contributed by atoms with Crippen LogP contribution in [0.2, 0.25) is 0 Å². The molecule has 1 saturated heterocycles. The van der Waals surface area contributed by atoms with Gasteiger partial charge in [-0.25, -0.2) is 8.42 Å². The Balaban J connectivity index is 1.40. The van der Waals surface area contributed by atoms with Crippen LogP contribution in [0.4, 0.5) is 13.2 Å². The summed E-state index contributed by atoms with van der Waals surface area (Å²) in [7, 11) is -3.32. The molecule has 0 N–H and O–H groups in total. The summed E-state index contributed by atoms with van der Waals surface area (Å²) in [6.45, 7) is 1.68. The van der Waals surface area contributed by atoms with Crippen LogP contribution in [-0.4, -0.2) is 61.7 Å². The van der Waals surface area contributed by atoms with Gasteiger partial charge in [-0.05, 0) is 85.5 Å². The standard InChI is InChI=1S/C29H33F3N2O5S/c1-40(37,38)17-13-26(35)34-16-12-19-4-7-24(39-23-8-5-22(6-9-23)29(30,31)32)18-25(19)27(34)20-10-14-33(15-11-20)28(36)21-2-3-21/h4-9,18,20-21,27H,2-3,10-17H2,1H3. The third-order valence-electron chi connectivity index (χ3n) is 8.04. The number of rotatable bonds is 7. The molecule has 7 nitrogen and oxygen atoms in total. The topological polar surface area (TPSA) is 84.0 Å². The fraction of sp³-hybridized carbons (Fsp3) is 0.517. The van der Waals surface area contributed by atoms with Crippen LogP contribution in [0.15, 0.2) is 42.5 Å². The minimum absolute atomic E-state index is 0.0609. The Morgan fingerprint density at radius 1 is 0.950 bits per heavy atom. The first-order chi connectivity index (χ1) is 18.9. The lowest BCUT2D eigenvalue weighted by Gasteiger charge is -2.45. The fourth-order valence-corrected chi connectivity index (χ4v) is 6.31. The van der Waals surface area contributed by atoms with Gasteiger partial charge in [0.2, 0.25) is 11.8 Å². The molecule has 1 saturated carbocycles. The van der Waals surface area contributed by atoms with E-state index < -0.39 is 21.6 Å². The molecule has 11 heteroatoms. The van der Waals surface area contributed by atoms with E-state index in [2.05, 4.69) is 0 Å². The van der Waals surface area contributed by atoms with Crippen molar-refractivity contribution in [2.24, 2.45) is 11.8 Å². The van der Waals surface area contributed by atoms with Crippen LogP contribution in [0.3, 0.4) is 0 Å². The highest BCUT2D eigenvalue weighted by Gasteiger charge is 2.40. The number of benzene rings is 2. The predicted molar refractivity (Wildman–Crippen MR) is 142 cm³/mol. The van der Waals surface area contributed by atoms with E-state index in [-0.39, 0.29) is 47.6 Å². The van der Waals surface area contributed by atoms with Crippen LogP contribution < -0.4 is 4.74 Å². The zero-order valence-corrected chi connectivity index (χ0v) is 23.1. The summed E-state index contributed by atoms with van der Waals surface area (Å²) >= 11 is 0. The Hall–Kier alpha value is -3.08. The number of ether oxygens (including phenoxy) is 1. The van der Waals surface area contributed by atoms with Gasteiger partial charge in [-0.2, -0.15) is 13.2 Å². The van der Waals surface area contributed by atoms with E-state index in [0.717, 1.165) is 42.4 Å². The number of piperidine rings is 1. The predicted octanol–water partition coefficient (Wildman–Crippen LogP) is 5.01. The van der Waals surface area contributed by atoms with Gasteiger partial charge in [0, 0.05) is 38.2 Å². The number of carbonyl (C=O) groups is 2. The van der Waals surface area contributed by atoms with Crippen LogP contribution in [0.1, 0.15) is 54.8 Å². The van der Waals surface area contributed by atoms with Crippen molar-refractivity contribution in [2.75, 3.05) is 31.6 Å². The molecule has 1 aliphatic carbocycles. The number of sulfone groups is 1. The van der Waals surface area contributed by atoms with E-state index in [1.54, 1.807) is 11.0 Å². The summed E-state index contributed by atoms with van der Waals surface area (Å²) in [6.07, 6.45) is 0.467. The van der Waals surface area contributed by atoms with Gasteiger partial charge < -0.3 is 14.5 Å². The largest absolute Gasteiger partial charge is 0.457 e. The summed E-state index contributed by atoms with van der Waals surface area (Å²) < 4.78 is 68.3. The lowest BCUT2D eigenvalue weighted by atomic mass is 9.79. The summed E-state index contributed by atoms with van der Waals surface area (Å²) in [6, 6.07) is 9.70. The normalized spacial score (nSPS) is 20.2. The second-order valence-electron chi connectivity index (χ2n) is 11.1. The molecule has 2 amide bonds. The van der Waals surface area contributed by atoms with Gasteiger partial charge in [0.15, 0.2) is 0 Å². The number of halogens is 3. The van der Waals surface area contributed by atoms with Crippen molar-refractivity contribution in [3.63, 3.8) is 0 Å². The SMILES string of the molecule is CS(=O)(=O)CCC(=O)N1CCc2ccc(Oc3ccc(C(F)(F)F)cc3)cc2C1C1CCN(C(=O)C2CC2)CC1. The van der Waals surface area contributed by atoms with E-state index in [4.69, 9.17) is 4.74 Å². The Morgan fingerprint density at radius 3 is 2.20 bits per heavy atom. The Bertz CT molecular complexity index is 1370. The number of nitrogens with zero attached hydrogens (tertiary/aromatic N) is 2. The molecule has 0 bridgehead atoms. The fourth-order valence-electron chi connectivity index (χ4n) is 5.76. The smallest absolute Gasteiger partial charge is 0.416 e. The average molecular weight is 579 g/mol. The minimum Gasteiger partial charge on any atom is -0.457 e. The summed E-state index contributed by atoms with van der Waals surface area (Å²) in [5.74, 6) is 0.649. The zero-order valence-electron chi connectivity index (χ0n) is 22.3. The molecule has 0 aromatic heterocycles. The summed E-state index contributed by atoms with van der Waals surface area (Å²) in [4.78, 5) is 29.6. The van der Waals surface area contributed by atoms with E-state index in [9.17, 15) is 31.2 Å².